The molecule has 0 spiro atoms. The molecule has 1 aliphatic rings. The van der Waals surface area contributed by atoms with Crippen LogP contribution in [0.2, 0.25) is 0 Å². The molecule has 0 saturated carbocycles. The van der Waals surface area contributed by atoms with Crippen LogP contribution in [0.4, 0.5) is 0 Å². The van der Waals surface area contributed by atoms with E-state index in [1.54, 1.807) is 24.3 Å². The summed E-state index contributed by atoms with van der Waals surface area (Å²) in [7, 11) is -0.335. The van der Waals surface area contributed by atoms with Crippen LogP contribution in [0.5, 0.6) is 0 Å². The van der Waals surface area contributed by atoms with E-state index >= 15 is 0 Å². The molecule has 1 aromatic rings. The quantitative estimate of drug-likeness (QED) is 0.420. The number of benzene rings is 1. The third-order valence-corrected chi connectivity index (χ3v) is 5.88. The third kappa shape index (κ3) is 5.59. The van der Waals surface area contributed by atoms with E-state index in [9.17, 15) is 8.42 Å². The van der Waals surface area contributed by atoms with Crippen LogP contribution >= 0.6 is 24.0 Å². The summed E-state index contributed by atoms with van der Waals surface area (Å²) in [6, 6.07) is 6.80. The van der Waals surface area contributed by atoms with Gasteiger partial charge in [0.05, 0.1) is 11.4 Å². The van der Waals surface area contributed by atoms with Crippen molar-refractivity contribution in [1.82, 2.24) is 9.21 Å². The zero-order valence-corrected chi connectivity index (χ0v) is 17.5. The summed E-state index contributed by atoms with van der Waals surface area (Å²) in [5, 5.41) is 0. The van der Waals surface area contributed by atoms with Crippen LogP contribution in [0.3, 0.4) is 0 Å². The lowest BCUT2D eigenvalue weighted by Gasteiger charge is -2.21. The number of aliphatic imine (C=N–C) groups is 1. The number of hydrogen-bond acceptors (Lipinski definition) is 3. The third-order valence-electron chi connectivity index (χ3n) is 4.06. The van der Waals surface area contributed by atoms with Crippen molar-refractivity contribution >= 4 is 40.0 Å². The summed E-state index contributed by atoms with van der Waals surface area (Å²) in [6.07, 6.45) is 4.83. The summed E-state index contributed by atoms with van der Waals surface area (Å²) in [6.45, 7) is 2.40. The first-order valence-corrected chi connectivity index (χ1v) is 9.41. The average molecular weight is 466 g/mol. The van der Waals surface area contributed by atoms with Gasteiger partial charge in [0.1, 0.15) is 0 Å². The first-order chi connectivity index (χ1) is 10.9. The highest BCUT2D eigenvalue weighted by Gasteiger charge is 2.16. The zero-order chi connectivity index (χ0) is 16.9. The van der Waals surface area contributed by atoms with E-state index in [1.807, 2.05) is 0 Å². The number of guanidine groups is 1. The first-order valence-electron chi connectivity index (χ1n) is 7.97. The van der Waals surface area contributed by atoms with Crippen molar-refractivity contribution < 1.29 is 8.42 Å². The van der Waals surface area contributed by atoms with Gasteiger partial charge in [-0.15, -0.1) is 24.0 Å². The Morgan fingerprint density at radius 1 is 1.12 bits per heavy atom. The molecule has 1 aromatic carbocycles. The van der Waals surface area contributed by atoms with Crippen molar-refractivity contribution in [2.24, 2.45) is 10.7 Å². The van der Waals surface area contributed by atoms with Crippen molar-refractivity contribution in [2.75, 3.05) is 27.2 Å². The molecule has 0 amide bonds. The molecule has 0 bridgehead atoms. The minimum Gasteiger partial charge on any atom is -0.370 e. The van der Waals surface area contributed by atoms with Crippen LogP contribution in [0.1, 0.15) is 31.2 Å². The summed E-state index contributed by atoms with van der Waals surface area (Å²) >= 11 is 0. The number of likely N-dealkylation sites (tertiary alicyclic amines) is 1. The fourth-order valence-corrected chi connectivity index (χ4v) is 3.45. The van der Waals surface area contributed by atoms with Crippen LogP contribution in [0.25, 0.3) is 0 Å². The van der Waals surface area contributed by atoms with Crippen molar-refractivity contribution in [1.29, 1.82) is 0 Å². The summed E-state index contributed by atoms with van der Waals surface area (Å²) in [4.78, 5) is 6.87. The lowest BCUT2D eigenvalue weighted by Crippen LogP contribution is -2.38. The molecule has 0 aliphatic carbocycles. The maximum Gasteiger partial charge on any atom is 0.242 e. The minimum atomic E-state index is -3.38. The molecular formula is C16H27IN4O2S. The molecule has 0 radical (unpaired) electrons. The molecule has 2 rings (SSSR count). The van der Waals surface area contributed by atoms with Crippen LogP contribution in [-0.4, -0.2) is 50.8 Å². The van der Waals surface area contributed by atoms with E-state index in [-0.39, 0.29) is 28.9 Å². The number of sulfonamides is 1. The van der Waals surface area contributed by atoms with E-state index < -0.39 is 10.0 Å². The Bertz CT molecular complexity index is 637. The highest BCUT2D eigenvalue weighted by atomic mass is 127. The molecule has 1 heterocycles. The van der Waals surface area contributed by atoms with E-state index in [0.717, 1.165) is 31.5 Å². The molecule has 0 aromatic heterocycles. The van der Waals surface area contributed by atoms with Gasteiger partial charge >= 0.3 is 0 Å². The van der Waals surface area contributed by atoms with Gasteiger partial charge in [-0.05, 0) is 30.5 Å². The lowest BCUT2D eigenvalue weighted by molar-refractivity contribution is 0.428. The SMILES string of the molecule is CN(C)S(=O)(=O)c1ccc(CN=C(N)N2CCCCCC2)cc1.I. The lowest BCUT2D eigenvalue weighted by atomic mass is 10.2. The number of nitrogens with zero attached hydrogens (tertiary/aromatic N) is 3. The Kier molecular flexibility index (Phi) is 8.44. The van der Waals surface area contributed by atoms with E-state index in [2.05, 4.69) is 9.89 Å². The van der Waals surface area contributed by atoms with Gasteiger partial charge < -0.3 is 10.6 Å². The van der Waals surface area contributed by atoms with Gasteiger partial charge in [0.2, 0.25) is 10.0 Å². The maximum atomic E-state index is 12.0. The van der Waals surface area contributed by atoms with Crippen LogP contribution in [0, 0.1) is 0 Å². The van der Waals surface area contributed by atoms with Gasteiger partial charge in [-0.2, -0.15) is 0 Å². The molecular weight excluding hydrogens is 439 g/mol. The highest BCUT2D eigenvalue weighted by Crippen LogP contribution is 2.15. The molecule has 136 valence electrons. The van der Waals surface area contributed by atoms with Crippen molar-refractivity contribution in [2.45, 2.75) is 37.1 Å². The van der Waals surface area contributed by atoms with Crippen LogP contribution < -0.4 is 5.73 Å². The Hall–Kier alpha value is -0.870. The number of hydrogen-bond donors (Lipinski definition) is 1. The van der Waals surface area contributed by atoms with Gasteiger partial charge in [0.15, 0.2) is 5.96 Å². The van der Waals surface area contributed by atoms with Crippen molar-refractivity contribution in [3.8, 4) is 0 Å². The van der Waals surface area contributed by atoms with E-state index in [1.165, 1.54) is 31.2 Å². The number of rotatable bonds is 4. The number of halogens is 1. The van der Waals surface area contributed by atoms with Gasteiger partial charge in [0.25, 0.3) is 0 Å². The van der Waals surface area contributed by atoms with Gasteiger partial charge in [-0.25, -0.2) is 17.7 Å². The van der Waals surface area contributed by atoms with Gasteiger partial charge in [-0.1, -0.05) is 25.0 Å². The molecule has 0 unspecified atom stereocenters. The smallest absolute Gasteiger partial charge is 0.242 e. The second kappa shape index (κ2) is 9.57. The van der Waals surface area contributed by atoms with Gasteiger partial charge in [0, 0.05) is 27.2 Å². The molecule has 1 saturated heterocycles. The first kappa shape index (κ1) is 21.2. The zero-order valence-electron chi connectivity index (χ0n) is 14.3. The highest BCUT2D eigenvalue weighted by molar-refractivity contribution is 14.0. The van der Waals surface area contributed by atoms with Crippen LogP contribution in [0.15, 0.2) is 34.2 Å². The monoisotopic (exact) mass is 466 g/mol. The Morgan fingerprint density at radius 2 is 1.67 bits per heavy atom. The van der Waals surface area contributed by atoms with Crippen molar-refractivity contribution in [3.05, 3.63) is 29.8 Å². The average Bonchev–Trinajstić information content (AvgIpc) is 2.82. The van der Waals surface area contributed by atoms with Gasteiger partial charge in [-0.3, -0.25) is 0 Å². The Morgan fingerprint density at radius 3 is 2.17 bits per heavy atom. The largest absolute Gasteiger partial charge is 0.370 e. The van der Waals surface area contributed by atoms with Crippen molar-refractivity contribution in [3.63, 3.8) is 0 Å². The predicted octanol–water partition coefficient (Wildman–Crippen LogP) is 2.25. The predicted molar refractivity (Wildman–Crippen MR) is 108 cm³/mol. The maximum absolute atomic E-state index is 12.0. The summed E-state index contributed by atoms with van der Waals surface area (Å²) in [5.74, 6) is 0.580. The molecule has 1 aliphatic heterocycles. The summed E-state index contributed by atoms with van der Waals surface area (Å²) < 4.78 is 25.2. The van der Waals surface area contributed by atoms with Crippen LogP contribution in [-0.2, 0) is 16.6 Å². The Labute approximate surface area is 162 Å². The molecule has 8 heteroatoms. The fraction of sp³-hybridized carbons (Fsp3) is 0.562. The normalized spacial score (nSPS) is 16.6. The molecule has 2 N–H and O–H groups in total. The molecule has 1 fully saturated rings. The molecule has 0 atom stereocenters. The standard InChI is InChI=1S/C16H26N4O2S.HI/c1-19(2)23(21,22)15-9-7-14(8-10-15)13-18-16(17)20-11-5-3-4-6-12-20;/h7-10H,3-6,11-13H2,1-2H3,(H2,17,18);1H. The second-order valence-electron chi connectivity index (χ2n) is 6.01. The molecule has 24 heavy (non-hydrogen) atoms. The number of nitrogens with two attached hydrogens (primary N) is 1. The minimum absolute atomic E-state index is 0. The second-order valence-corrected chi connectivity index (χ2v) is 8.16. The van der Waals surface area contributed by atoms with E-state index in [4.69, 9.17) is 5.73 Å². The summed E-state index contributed by atoms with van der Waals surface area (Å²) in [5.41, 5.74) is 7.02. The van der Waals surface area contributed by atoms with E-state index in [0.29, 0.717) is 12.5 Å². The fourth-order valence-electron chi connectivity index (χ4n) is 2.55. The topological polar surface area (TPSA) is 79.0 Å². The Balaban J connectivity index is 0.00000288. The molecule has 6 nitrogen and oxygen atoms in total.